The molecule has 2 aliphatic heterocycles. The number of amides is 1. The molecule has 0 bridgehead atoms. The summed E-state index contributed by atoms with van der Waals surface area (Å²) >= 11 is 0. The Morgan fingerprint density at radius 3 is 2.52 bits per heavy atom. The van der Waals surface area contributed by atoms with Gasteiger partial charge in [0.15, 0.2) is 0 Å². The maximum absolute atomic E-state index is 13.0. The molecule has 150 valence electrons. The molecule has 27 heavy (non-hydrogen) atoms. The molecule has 2 saturated heterocycles. The first kappa shape index (κ1) is 20.3. The van der Waals surface area contributed by atoms with E-state index in [-0.39, 0.29) is 18.4 Å². The van der Waals surface area contributed by atoms with Crippen LogP contribution in [0.2, 0.25) is 0 Å². The lowest BCUT2D eigenvalue weighted by Gasteiger charge is -2.37. The summed E-state index contributed by atoms with van der Waals surface area (Å²) in [6.07, 6.45) is 3.29. The van der Waals surface area contributed by atoms with Gasteiger partial charge in [-0.25, -0.2) is 0 Å². The molecule has 0 saturated carbocycles. The fourth-order valence-electron chi connectivity index (χ4n) is 3.88. The van der Waals surface area contributed by atoms with Crippen molar-refractivity contribution < 1.29 is 13.2 Å². The third kappa shape index (κ3) is 4.89. The molecule has 1 N–H and O–H groups in total. The van der Waals surface area contributed by atoms with Crippen LogP contribution in [-0.4, -0.2) is 49.1 Å². The predicted molar refractivity (Wildman–Crippen MR) is 106 cm³/mol. The molecule has 2 aliphatic rings. The first-order valence-electron chi connectivity index (χ1n) is 9.95. The predicted octanol–water partition coefficient (Wildman–Crippen LogP) is 2.30. The Balaban J connectivity index is 1.58. The number of hydrogen-bond acceptors (Lipinski definition) is 3. The number of carbonyl (C=O) groups is 1. The van der Waals surface area contributed by atoms with Gasteiger partial charge in [-0.3, -0.25) is 4.79 Å². The molecule has 0 spiro atoms. The second kappa shape index (κ2) is 8.71. The van der Waals surface area contributed by atoms with E-state index in [1.54, 1.807) is 4.31 Å². The van der Waals surface area contributed by atoms with Crippen molar-refractivity contribution >= 4 is 16.1 Å². The second-order valence-corrected chi connectivity index (χ2v) is 9.86. The molecule has 3 rings (SSSR count). The fraction of sp³-hybridized carbons (Fsp3) is 0.650. The van der Waals surface area contributed by atoms with E-state index in [9.17, 15) is 13.2 Å². The Kier molecular flexibility index (Phi) is 6.55. The summed E-state index contributed by atoms with van der Waals surface area (Å²) in [4.78, 5) is 12.6. The van der Waals surface area contributed by atoms with Crippen LogP contribution < -0.4 is 5.32 Å². The molecule has 0 radical (unpaired) electrons. The highest BCUT2D eigenvalue weighted by molar-refractivity contribution is 7.86. The molecule has 1 atom stereocenters. The van der Waals surface area contributed by atoms with Gasteiger partial charge < -0.3 is 5.32 Å². The first-order valence-corrected chi connectivity index (χ1v) is 11.3. The van der Waals surface area contributed by atoms with Gasteiger partial charge in [0.25, 0.3) is 10.2 Å². The summed E-state index contributed by atoms with van der Waals surface area (Å²) in [7, 11) is -3.46. The summed E-state index contributed by atoms with van der Waals surface area (Å²) in [6, 6.07) is 7.97. The van der Waals surface area contributed by atoms with Gasteiger partial charge in [0, 0.05) is 32.7 Å². The zero-order valence-corrected chi connectivity index (χ0v) is 17.2. The van der Waals surface area contributed by atoms with Gasteiger partial charge >= 0.3 is 0 Å². The Labute approximate surface area is 163 Å². The Morgan fingerprint density at radius 1 is 1.11 bits per heavy atom. The molecule has 2 heterocycles. The van der Waals surface area contributed by atoms with E-state index in [4.69, 9.17) is 0 Å². The Morgan fingerprint density at radius 2 is 1.81 bits per heavy atom. The van der Waals surface area contributed by atoms with E-state index < -0.39 is 10.2 Å². The highest BCUT2D eigenvalue weighted by Gasteiger charge is 2.36. The molecule has 1 aromatic rings. The summed E-state index contributed by atoms with van der Waals surface area (Å²) in [5.74, 6) is 0.254. The zero-order valence-electron chi connectivity index (χ0n) is 16.4. The highest BCUT2D eigenvalue weighted by atomic mass is 32.2. The summed E-state index contributed by atoms with van der Waals surface area (Å²) in [5.41, 5.74) is 2.23. The van der Waals surface area contributed by atoms with Gasteiger partial charge in [-0.05, 0) is 49.7 Å². The minimum atomic E-state index is -3.46. The van der Waals surface area contributed by atoms with Crippen LogP contribution in [0.3, 0.4) is 0 Å². The largest absolute Gasteiger partial charge is 0.352 e. The Hall–Kier alpha value is -1.44. The minimum Gasteiger partial charge on any atom is -0.352 e. The molecule has 0 unspecified atom stereocenters. The molecule has 0 aromatic heterocycles. The SMILES string of the molecule is Cc1ccccc1CNC(=O)[C@@H]1CCCN(S(=O)(=O)N2CCC(C)CC2)C1. The van der Waals surface area contributed by atoms with E-state index in [1.165, 1.54) is 4.31 Å². The van der Waals surface area contributed by atoms with E-state index in [0.29, 0.717) is 32.1 Å². The number of nitrogens with zero attached hydrogens (tertiary/aromatic N) is 2. The zero-order chi connectivity index (χ0) is 19.4. The lowest BCUT2D eigenvalue weighted by atomic mass is 9.98. The van der Waals surface area contributed by atoms with Crippen molar-refractivity contribution in [3.8, 4) is 0 Å². The van der Waals surface area contributed by atoms with E-state index in [0.717, 1.165) is 36.8 Å². The number of rotatable bonds is 5. The van der Waals surface area contributed by atoms with E-state index >= 15 is 0 Å². The van der Waals surface area contributed by atoms with Crippen LogP contribution in [-0.2, 0) is 21.5 Å². The Bertz CT molecular complexity index is 757. The normalized spacial score (nSPS) is 23.3. The van der Waals surface area contributed by atoms with Crippen LogP contribution >= 0.6 is 0 Å². The van der Waals surface area contributed by atoms with E-state index in [2.05, 4.69) is 12.2 Å². The van der Waals surface area contributed by atoms with E-state index in [1.807, 2.05) is 31.2 Å². The van der Waals surface area contributed by atoms with Gasteiger partial charge in [-0.1, -0.05) is 31.2 Å². The van der Waals surface area contributed by atoms with Crippen LogP contribution in [0.4, 0.5) is 0 Å². The average molecular weight is 394 g/mol. The molecule has 6 nitrogen and oxygen atoms in total. The molecule has 7 heteroatoms. The minimum absolute atomic E-state index is 0.0505. The maximum atomic E-state index is 13.0. The van der Waals surface area contributed by atoms with Crippen LogP contribution in [0.5, 0.6) is 0 Å². The molecular weight excluding hydrogens is 362 g/mol. The van der Waals surface area contributed by atoms with Crippen molar-refractivity contribution in [3.63, 3.8) is 0 Å². The molecular formula is C20H31N3O3S. The molecule has 1 amide bonds. The quantitative estimate of drug-likeness (QED) is 0.834. The number of nitrogens with one attached hydrogen (secondary N) is 1. The average Bonchev–Trinajstić information content (AvgIpc) is 2.67. The van der Waals surface area contributed by atoms with Crippen LogP contribution in [0.25, 0.3) is 0 Å². The fourth-order valence-corrected chi connectivity index (χ4v) is 5.61. The highest BCUT2D eigenvalue weighted by Crippen LogP contribution is 2.25. The lowest BCUT2D eigenvalue weighted by molar-refractivity contribution is -0.126. The smallest absolute Gasteiger partial charge is 0.281 e. The van der Waals surface area contributed by atoms with Crippen molar-refractivity contribution in [1.82, 2.24) is 13.9 Å². The monoisotopic (exact) mass is 393 g/mol. The number of aryl methyl sites for hydroxylation is 1. The van der Waals surface area contributed by atoms with Gasteiger partial charge in [0.1, 0.15) is 0 Å². The number of piperidine rings is 2. The van der Waals surface area contributed by atoms with Gasteiger partial charge in [0.2, 0.25) is 5.91 Å². The van der Waals surface area contributed by atoms with Crippen molar-refractivity contribution in [2.75, 3.05) is 26.2 Å². The van der Waals surface area contributed by atoms with Crippen LogP contribution in [0.1, 0.15) is 43.7 Å². The van der Waals surface area contributed by atoms with Gasteiger partial charge in [-0.15, -0.1) is 0 Å². The van der Waals surface area contributed by atoms with Crippen LogP contribution in [0, 0.1) is 18.8 Å². The number of carbonyl (C=O) groups excluding carboxylic acids is 1. The van der Waals surface area contributed by atoms with Crippen molar-refractivity contribution in [2.24, 2.45) is 11.8 Å². The van der Waals surface area contributed by atoms with Crippen molar-refractivity contribution in [3.05, 3.63) is 35.4 Å². The summed E-state index contributed by atoms with van der Waals surface area (Å²) < 4.78 is 29.0. The summed E-state index contributed by atoms with van der Waals surface area (Å²) in [6.45, 7) is 6.65. The molecule has 1 aromatic carbocycles. The first-order chi connectivity index (χ1) is 12.9. The molecule has 2 fully saturated rings. The summed E-state index contributed by atoms with van der Waals surface area (Å²) in [5, 5.41) is 2.99. The maximum Gasteiger partial charge on any atom is 0.281 e. The lowest BCUT2D eigenvalue weighted by Crippen LogP contribution is -2.52. The second-order valence-electron chi connectivity index (χ2n) is 7.93. The third-order valence-corrected chi connectivity index (χ3v) is 7.87. The van der Waals surface area contributed by atoms with Crippen molar-refractivity contribution in [2.45, 2.75) is 46.1 Å². The van der Waals surface area contributed by atoms with Crippen molar-refractivity contribution in [1.29, 1.82) is 0 Å². The van der Waals surface area contributed by atoms with Gasteiger partial charge in [-0.2, -0.15) is 17.0 Å². The standard InChI is InChI=1S/C20H31N3O3S/c1-16-9-12-22(13-10-16)27(25,26)23-11-5-8-19(15-23)20(24)21-14-18-7-4-3-6-17(18)2/h3-4,6-7,16,19H,5,8-15H2,1-2H3,(H,21,24)/t19-/m1/s1. The number of hydrogen-bond donors (Lipinski definition) is 1. The topological polar surface area (TPSA) is 69.7 Å². The number of benzene rings is 1. The molecule has 0 aliphatic carbocycles. The van der Waals surface area contributed by atoms with Gasteiger partial charge in [0.05, 0.1) is 5.92 Å². The third-order valence-electron chi connectivity index (χ3n) is 5.86. The van der Waals surface area contributed by atoms with Crippen LogP contribution in [0.15, 0.2) is 24.3 Å².